The molecule has 128 valence electrons. The normalized spacial score (nSPS) is 13.1. The van der Waals surface area contributed by atoms with Gasteiger partial charge in [0.15, 0.2) is 0 Å². The lowest BCUT2D eigenvalue weighted by atomic mass is 10.0. The fourth-order valence-electron chi connectivity index (χ4n) is 2.13. The zero-order chi connectivity index (χ0) is 17.6. The molecule has 2 aromatic rings. The molecule has 0 saturated heterocycles. The first-order valence-corrected chi connectivity index (χ1v) is 9.25. The van der Waals surface area contributed by atoms with Crippen LogP contribution in [0.4, 0.5) is 0 Å². The number of carbonyl (C=O) groups excluding carboxylic acids is 1. The van der Waals surface area contributed by atoms with E-state index >= 15 is 0 Å². The van der Waals surface area contributed by atoms with Gasteiger partial charge in [-0.25, -0.2) is 0 Å². The van der Waals surface area contributed by atoms with Crippen molar-refractivity contribution in [2.45, 2.75) is 0 Å². The quantitative estimate of drug-likeness (QED) is 0.590. The molecule has 0 aromatic heterocycles. The largest absolute Gasteiger partial charge is 0.598 e. The van der Waals surface area contributed by atoms with Crippen LogP contribution in [0.3, 0.4) is 0 Å². The number of amides is 1. The first-order chi connectivity index (χ1) is 11.4. The van der Waals surface area contributed by atoms with Crippen LogP contribution in [0.1, 0.15) is 10.4 Å². The van der Waals surface area contributed by atoms with Crippen molar-refractivity contribution >= 4 is 16.3 Å². The molecular formula is C17H20N2O4S. The van der Waals surface area contributed by atoms with Gasteiger partial charge >= 0.3 is 0 Å². The summed E-state index contributed by atoms with van der Waals surface area (Å²) in [7, 11) is -1.62. The van der Waals surface area contributed by atoms with Gasteiger partial charge in [0.05, 0.1) is 13.7 Å². The van der Waals surface area contributed by atoms with Crippen LogP contribution < -0.4 is 14.8 Å². The highest BCUT2D eigenvalue weighted by Crippen LogP contribution is 2.23. The number of hydrogen-bond donors (Lipinski definition) is 2. The average molecular weight is 348 g/mol. The number of hydrogen-bond acceptors (Lipinski definition) is 4. The van der Waals surface area contributed by atoms with Crippen molar-refractivity contribution < 1.29 is 18.3 Å². The van der Waals surface area contributed by atoms with Crippen molar-refractivity contribution in [1.29, 1.82) is 0 Å². The third-order valence-corrected chi connectivity index (χ3v) is 4.05. The van der Waals surface area contributed by atoms with E-state index in [4.69, 9.17) is 4.74 Å². The van der Waals surface area contributed by atoms with E-state index in [1.54, 1.807) is 19.2 Å². The van der Waals surface area contributed by atoms with Crippen molar-refractivity contribution in [3.63, 3.8) is 0 Å². The molecule has 7 heteroatoms. The molecule has 0 aliphatic rings. The summed E-state index contributed by atoms with van der Waals surface area (Å²) >= 11 is 0. The number of carbonyl (C=O) groups is 1. The van der Waals surface area contributed by atoms with Crippen molar-refractivity contribution in [1.82, 2.24) is 10.0 Å². The van der Waals surface area contributed by atoms with Gasteiger partial charge in [0.2, 0.25) is 0 Å². The molecule has 24 heavy (non-hydrogen) atoms. The molecule has 0 aliphatic heterocycles. The number of methoxy groups -OCH3 is 1. The second-order valence-corrected chi connectivity index (χ2v) is 7.06. The molecule has 1 unspecified atom stereocenters. The third kappa shape index (κ3) is 5.45. The SMILES string of the molecule is COc1cccc(-c2ccc(C(=O)NCCN[S+](C)(=O)[O-])cc2)c1. The van der Waals surface area contributed by atoms with Crippen LogP contribution in [0.5, 0.6) is 5.75 Å². The standard InChI is InChI=1S/C17H20N2O4S/c1-23-16-5-3-4-15(12-16)13-6-8-14(9-7-13)17(20)18-10-11-19-24(2,21)22/h3-9,12H,10-11H2,1-2H3,(H2-,18,19,20,21,22). The highest BCUT2D eigenvalue weighted by molar-refractivity contribution is 7.95. The molecule has 6 nitrogen and oxygen atoms in total. The minimum Gasteiger partial charge on any atom is -0.598 e. The second-order valence-electron chi connectivity index (χ2n) is 5.23. The molecule has 2 N–H and O–H groups in total. The molecule has 1 amide bonds. The van der Waals surface area contributed by atoms with E-state index in [0.717, 1.165) is 23.1 Å². The highest BCUT2D eigenvalue weighted by atomic mass is 32.3. The Morgan fingerprint density at radius 3 is 2.46 bits per heavy atom. The minimum atomic E-state index is -3.24. The van der Waals surface area contributed by atoms with Crippen LogP contribution in [-0.2, 0) is 14.6 Å². The van der Waals surface area contributed by atoms with Gasteiger partial charge in [0, 0.05) is 12.1 Å². The van der Waals surface area contributed by atoms with E-state index in [-0.39, 0.29) is 19.0 Å². The van der Waals surface area contributed by atoms with Crippen molar-refractivity contribution in [2.24, 2.45) is 0 Å². The third-order valence-electron chi connectivity index (χ3n) is 3.32. The predicted molar refractivity (Wildman–Crippen MR) is 93.5 cm³/mol. The average Bonchev–Trinajstić information content (AvgIpc) is 2.58. The zero-order valence-electron chi connectivity index (χ0n) is 13.6. The molecule has 1 atom stereocenters. The summed E-state index contributed by atoms with van der Waals surface area (Å²) in [6.45, 7) is 0.385. The Labute approximate surface area is 142 Å². The van der Waals surface area contributed by atoms with Gasteiger partial charge in [0.25, 0.3) is 5.91 Å². The maximum atomic E-state index is 12.0. The monoisotopic (exact) mass is 348 g/mol. The Morgan fingerprint density at radius 1 is 1.12 bits per heavy atom. The Hall–Kier alpha value is -2.22. The fourth-order valence-corrected chi connectivity index (χ4v) is 2.60. The first kappa shape index (κ1) is 18.1. The van der Waals surface area contributed by atoms with Crippen LogP contribution >= 0.6 is 0 Å². The molecule has 0 spiro atoms. The van der Waals surface area contributed by atoms with Crippen LogP contribution in [-0.4, -0.2) is 36.9 Å². The molecule has 0 saturated carbocycles. The van der Waals surface area contributed by atoms with Gasteiger partial charge in [0.1, 0.15) is 22.4 Å². The lowest BCUT2D eigenvalue weighted by Crippen LogP contribution is -2.36. The molecule has 0 fully saturated rings. The van der Waals surface area contributed by atoms with E-state index in [2.05, 4.69) is 10.0 Å². The molecule has 2 rings (SSSR count). The van der Waals surface area contributed by atoms with E-state index < -0.39 is 10.4 Å². The fraction of sp³-hybridized carbons (Fsp3) is 0.235. The molecular weight excluding hydrogens is 328 g/mol. The Morgan fingerprint density at radius 2 is 1.83 bits per heavy atom. The van der Waals surface area contributed by atoms with E-state index in [1.807, 2.05) is 36.4 Å². The number of benzene rings is 2. The number of rotatable bonds is 7. The van der Waals surface area contributed by atoms with E-state index in [1.165, 1.54) is 0 Å². The summed E-state index contributed by atoms with van der Waals surface area (Å²) in [6.07, 6.45) is 1.08. The summed E-state index contributed by atoms with van der Waals surface area (Å²) in [5.74, 6) is 0.523. The lowest BCUT2D eigenvalue weighted by molar-refractivity contribution is 0.0954. The maximum absolute atomic E-state index is 12.0. The Bertz CT molecular complexity index is 741. The van der Waals surface area contributed by atoms with Gasteiger partial charge in [-0.15, -0.1) is 4.72 Å². The summed E-state index contributed by atoms with van der Waals surface area (Å²) in [6, 6.07) is 14.8. The highest BCUT2D eigenvalue weighted by Gasteiger charge is 2.08. The van der Waals surface area contributed by atoms with E-state index in [0.29, 0.717) is 5.56 Å². The predicted octanol–water partition coefficient (Wildman–Crippen LogP) is 1.86. The number of sulfonamides is 1. The van der Waals surface area contributed by atoms with Crippen LogP contribution in [0.2, 0.25) is 0 Å². The van der Waals surface area contributed by atoms with E-state index in [9.17, 15) is 13.6 Å². The van der Waals surface area contributed by atoms with Crippen molar-refractivity contribution in [3.8, 4) is 16.9 Å². The van der Waals surface area contributed by atoms with Crippen LogP contribution in [0.15, 0.2) is 48.5 Å². The number of ether oxygens (including phenoxy) is 1. The molecule has 0 radical (unpaired) electrons. The van der Waals surface area contributed by atoms with Gasteiger partial charge in [-0.3, -0.25) is 4.79 Å². The molecule has 0 bridgehead atoms. The summed E-state index contributed by atoms with van der Waals surface area (Å²) in [5.41, 5.74) is 2.49. The summed E-state index contributed by atoms with van der Waals surface area (Å²) in [5, 5.41) is 2.66. The lowest BCUT2D eigenvalue weighted by Gasteiger charge is -2.10. The first-order valence-electron chi connectivity index (χ1n) is 7.36. The molecule has 0 aliphatic carbocycles. The molecule has 2 aromatic carbocycles. The van der Waals surface area contributed by atoms with Gasteiger partial charge < -0.3 is 14.6 Å². The second kappa shape index (κ2) is 8.05. The summed E-state index contributed by atoms with van der Waals surface area (Å²) < 4.78 is 29.4. The van der Waals surface area contributed by atoms with Crippen molar-refractivity contribution in [3.05, 3.63) is 54.1 Å². The van der Waals surface area contributed by atoms with Crippen LogP contribution in [0.25, 0.3) is 11.1 Å². The van der Waals surface area contributed by atoms with Gasteiger partial charge in [-0.05, 0) is 35.4 Å². The zero-order valence-corrected chi connectivity index (χ0v) is 14.4. The van der Waals surface area contributed by atoms with Crippen molar-refractivity contribution in [2.75, 3.05) is 26.5 Å². The smallest absolute Gasteiger partial charge is 0.251 e. The minimum absolute atomic E-state index is 0.159. The maximum Gasteiger partial charge on any atom is 0.251 e. The van der Waals surface area contributed by atoms with Crippen LogP contribution in [0, 0.1) is 0 Å². The Kier molecular flexibility index (Phi) is 6.08. The summed E-state index contributed by atoms with van der Waals surface area (Å²) in [4.78, 5) is 12.0. The van der Waals surface area contributed by atoms with Gasteiger partial charge in [-0.2, -0.15) is 0 Å². The van der Waals surface area contributed by atoms with Gasteiger partial charge in [-0.1, -0.05) is 28.5 Å². The number of nitrogens with one attached hydrogen (secondary N) is 2. The topological polar surface area (TPSA) is 90.5 Å². The molecule has 0 heterocycles. The Balaban J connectivity index is 1.96.